The minimum absolute atomic E-state index is 0.0647. The van der Waals surface area contributed by atoms with Crippen molar-refractivity contribution < 1.29 is 19.1 Å². The van der Waals surface area contributed by atoms with Gasteiger partial charge in [0.1, 0.15) is 0 Å². The van der Waals surface area contributed by atoms with Crippen molar-refractivity contribution in [3.05, 3.63) is 125 Å². The van der Waals surface area contributed by atoms with Crippen molar-refractivity contribution in [2.45, 2.75) is 18.4 Å². The van der Waals surface area contributed by atoms with Gasteiger partial charge in [0, 0.05) is 0 Å². The molecule has 1 N–H and O–H groups in total. The number of benzene rings is 4. The second-order valence-corrected chi connectivity index (χ2v) is 11.0. The molecule has 184 valence electrons. The van der Waals surface area contributed by atoms with Gasteiger partial charge in [0.15, 0.2) is 0 Å². The van der Waals surface area contributed by atoms with E-state index in [4.69, 9.17) is 4.74 Å². The number of nitrogens with one attached hydrogen (secondary N) is 1. The Morgan fingerprint density at radius 3 is 2.08 bits per heavy atom. The average molecular weight is 555 g/mol. The summed E-state index contributed by atoms with van der Waals surface area (Å²) >= 11 is -0.645. The van der Waals surface area contributed by atoms with Crippen molar-refractivity contribution in [2.24, 2.45) is 0 Å². The van der Waals surface area contributed by atoms with Crippen molar-refractivity contribution in [2.75, 3.05) is 6.61 Å². The molecule has 1 amide bonds. The van der Waals surface area contributed by atoms with E-state index >= 15 is 0 Å². The molecule has 4 aromatic carbocycles. The maximum absolute atomic E-state index is 13.3. The third kappa shape index (κ3) is 5.56. The second-order valence-electron chi connectivity index (χ2n) is 8.79. The van der Waals surface area contributed by atoms with E-state index in [-0.39, 0.29) is 17.2 Å². The molecule has 0 aliphatic heterocycles. The molecule has 0 saturated carbocycles. The van der Waals surface area contributed by atoms with Crippen LogP contribution >= 0.6 is 0 Å². The summed E-state index contributed by atoms with van der Waals surface area (Å²) in [6, 6.07) is 32.1. The summed E-state index contributed by atoms with van der Waals surface area (Å²) in [5.74, 6) is -0.0647. The first-order valence-corrected chi connectivity index (χ1v) is 13.8. The second kappa shape index (κ2) is 11.4. The standard InChI is InChI=1S/C31H25NO4Se/c33-19-22-12-4-9-17-29(22)37-30(34)28(18-21-10-2-1-3-11-21)32-31(35)36-20-27-25-15-7-5-13-23(25)24-14-6-8-16-26(24)27/h1-17,19,27-28H,18,20H2,(H,32,35)/t28-/m0/s1. The Bertz CT molecular complexity index is 1390. The minimum atomic E-state index is -0.766. The maximum atomic E-state index is 13.3. The van der Waals surface area contributed by atoms with E-state index in [1.54, 1.807) is 18.2 Å². The average Bonchev–Trinajstić information content (AvgIpc) is 3.26. The fourth-order valence-electron chi connectivity index (χ4n) is 4.68. The SMILES string of the molecule is O=Cc1ccccc1[Se]C(=O)[C@H](Cc1ccccc1)NC(=O)OCC1c2ccccc2-c2ccccc21. The van der Waals surface area contributed by atoms with Gasteiger partial charge in [-0.1, -0.05) is 0 Å². The fraction of sp³-hybridized carbons (Fsp3) is 0.129. The Kier molecular flexibility index (Phi) is 7.59. The summed E-state index contributed by atoms with van der Waals surface area (Å²) in [6.07, 6.45) is 0.473. The van der Waals surface area contributed by atoms with E-state index in [0.29, 0.717) is 16.4 Å². The van der Waals surface area contributed by atoms with Gasteiger partial charge in [0.2, 0.25) is 0 Å². The van der Waals surface area contributed by atoms with Gasteiger partial charge in [-0.3, -0.25) is 0 Å². The molecule has 0 spiro atoms. The first-order valence-electron chi connectivity index (χ1n) is 12.1. The molecule has 5 nitrogen and oxygen atoms in total. The van der Waals surface area contributed by atoms with E-state index in [2.05, 4.69) is 29.6 Å². The number of fused-ring (bicyclic) bond motifs is 3. The van der Waals surface area contributed by atoms with Crippen LogP contribution in [-0.4, -0.2) is 44.7 Å². The van der Waals surface area contributed by atoms with Crippen LogP contribution in [0, 0.1) is 0 Å². The third-order valence-electron chi connectivity index (χ3n) is 6.46. The molecule has 1 aliphatic carbocycles. The normalized spacial score (nSPS) is 12.8. The summed E-state index contributed by atoms with van der Waals surface area (Å²) in [5.41, 5.74) is 5.99. The Balaban J connectivity index is 1.31. The zero-order valence-corrected chi connectivity index (χ0v) is 21.7. The van der Waals surface area contributed by atoms with Gasteiger partial charge in [-0.15, -0.1) is 0 Å². The Hall–Kier alpha value is -3.99. The number of carbonyl (C=O) groups is 3. The van der Waals surface area contributed by atoms with E-state index in [1.807, 2.05) is 60.7 Å². The molecule has 1 atom stereocenters. The van der Waals surface area contributed by atoms with Crippen molar-refractivity contribution in [1.29, 1.82) is 0 Å². The molecular weight excluding hydrogens is 529 g/mol. The van der Waals surface area contributed by atoms with Gasteiger partial charge in [-0.2, -0.15) is 0 Å². The van der Waals surface area contributed by atoms with Gasteiger partial charge < -0.3 is 0 Å². The predicted octanol–water partition coefficient (Wildman–Crippen LogP) is 4.51. The first kappa shape index (κ1) is 24.7. The van der Waals surface area contributed by atoms with Crippen LogP contribution < -0.4 is 9.78 Å². The zero-order valence-electron chi connectivity index (χ0n) is 20.0. The van der Waals surface area contributed by atoms with Crippen LogP contribution in [0.5, 0.6) is 0 Å². The molecule has 0 radical (unpaired) electrons. The molecule has 0 unspecified atom stereocenters. The Morgan fingerprint density at radius 2 is 1.41 bits per heavy atom. The molecule has 4 aromatic rings. The van der Waals surface area contributed by atoms with Crippen LogP contribution in [0.1, 0.15) is 33.0 Å². The van der Waals surface area contributed by atoms with Crippen LogP contribution in [0.25, 0.3) is 11.1 Å². The van der Waals surface area contributed by atoms with Gasteiger partial charge in [0.25, 0.3) is 0 Å². The van der Waals surface area contributed by atoms with E-state index in [1.165, 1.54) is 0 Å². The molecule has 0 heterocycles. The third-order valence-corrected chi connectivity index (χ3v) is 8.72. The molecular formula is C31H25NO4Se. The number of aldehydes is 1. The predicted molar refractivity (Wildman–Crippen MR) is 144 cm³/mol. The number of ether oxygens (including phenoxy) is 1. The molecule has 0 fully saturated rings. The molecule has 5 rings (SSSR count). The van der Waals surface area contributed by atoms with Gasteiger partial charge in [0.05, 0.1) is 0 Å². The van der Waals surface area contributed by atoms with Crippen molar-refractivity contribution >= 4 is 36.5 Å². The number of alkyl carbamates (subject to hydrolysis) is 1. The van der Waals surface area contributed by atoms with Gasteiger partial charge in [-0.25, -0.2) is 0 Å². The molecule has 6 heteroatoms. The number of hydrogen-bond donors (Lipinski definition) is 1. The van der Waals surface area contributed by atoms with E-state index < -0.39 is 27.1 Å². The summed E-state index contributed by atoms with van der Waals surface area (Å²) < 4.78 is 6.27. The first-order chi connectivity index (χ1) is 18.1. The summed E-state index contributed by atoms with van der Waals surface area (Å²) in [7, 11) is 0. The molecule has 1 aliphatic rings. The van der Waals surface area contributed by atoms with Crippen LogP contribution in [0.3, 0.4) is 0 Å². The number of hydrogen-bond acceptors (Lipinski definition) is 4. The molecule has 0 saturated heterocycles. The summed E-state index contributed by atoms with van der Waals surface area (Å²) in [6.45, 7) is 0.172. The van der Waals surface area contributed by atoms with Gasteiger partial charge in [-0.05, 0) is 0 Å². The Morgan fingerprint density at radius 1 is 0.811 bits per heavy atom. The Labute approximate surface area is 222 Å². The number of amides is 1. The van der Waals surface area contributed by atoms with Crippen molar-refractivity contribution in [3.63, 3.8) is 0 Å². The molecule has 0 aromatic heterocycles. The number of carbonyl (C=O) groups excluding carboxylic acids is 3. The van der Waals surface area contributed by atoms with Crippen molar-refractivity contribution in [3.8, 4) is 11.1 Å². The summed E-state index contributed by atoms with van der Waals surface area (Å²) in [4.78, 5) is 37.8. The van der Waals surface area contributed by atoms with Crippen LogP contribution in [-0.2, 0) is 16.0 Å². The summed E-state index contributed by atoms with van der Waals surface area (Å²) in [5, 5.41) is 2.81. The zero-order chi connectivity index (χ0) is 25.6. The number of rotatable bonds is 9. The molecule has 0 bridgehead atoms. The van der Waals surface area contributed by atoms with E-state index in [9.17, 15) is 14.4 Å². The van der Waals surface area contributed by atoms with Crippen molar-refractivity contribution in [1.82, 2.24) is 5.32 Å². The van der Waals surface area contributed by atoms with Crippen LogP contribution in [0.4, 0.5) is 4.79 Å². The van der Waals surface area contributed by atoms with Crippen LogP contribution in [0.15, 0.2) is 103 Å². The fourth-order valence-corrected chi connectivity index (χ4v) is 6.53. The monoisotopic (exact) mass is 555 g/mol. The molecule has 37 heavy (non-hydrogen) atoms. The van der Waals surface area contributed by atoms with Crippen LogP contribution in [0.2, 0.25) is 0 Å². The quantitative estimate of drug-likeness (QED) is 0.244. The topological polar surface area (TPSA) is 72.5 Å². The van der Waals surface area contributed by atoms with Gasteiger partial charge >= 0.3 is 222 Å². The van der Waals surface area contributed by atoms with E-state index in [0.717, 1.165) is 34.1 Å².